The molecular weight excluding hydrogens is 435 g/mol. The molecule has 2 aromatic carbocycles. The topological polar surface area (TPSA) is 62.2 Å². The first kappa shape index (κ1) is 22.0. The number of aliphatic hydroxyl groups is 1. The maximum atomic E-state index is 14.9. The summed E-state index contributed by atoms with van der Waals surface area (Å²) in [6.45, 7) is 3.21. The predicted octanol–water partition coefficient (Wildman–Crippen LogP) is 3.95. The summed E-state index contributed by atoms with van der Waals surface area (Å²) in [5.41, 5.74) is 2.55. The highest BCUT2D eigenvalue weighted by Crippen LogP contribution is 2.40. The molecule has 0 aromatic heterocycles. The molecule has 180 valence electrons. The first-order chi connectivity index (χ1) is 16.5. The molecule has 3 heterocycles. The second-order valence-corrected chi connectivity index (χ2v) is 10.1. The van der Waals surface area contributed by atoms with Gasteiger partial charge in [-0.3, -0.25) is 9.69 Å². The number of aliphatic hydroxyl groups excluding tert-OH is 1. The number of fused-ring (bicyclic) bond motifs is 1. The number of rotatable bonds is 3. The number of benzene rings is 2. The van der Waals surface area contributed by atoms with Crippen molar-refractivity contribution in [1.29, 1.82) is 0 Å². The Kier molecular flexibility index (Phi) is 5.59. The number of hydrogen-bond donors (Lipinski definition) is 1. The molecule has 6 rings (SSSR count). The number of halogens is 1. The Morgan fingerprint density at radius 1 is 1.03 bits per heavy atom. The van der Waals surface area contributed by atoms with Crippen LogP contribution in [0.2, 0.25) is 0 Å². The van der Waals surface area contributed by atoms with Crippen LogP contribution in [-0.4, -0.2) is 64.9 Å². The van der Waals surface area contributed by atoms with Gasteiger partial charge in [0.1, 0.15) is 11.6 Å². The highest BCUT2D eigenvalue weighted by Gasteiger charge is 2.42. The number of β-amino-alcohol motifs (C(OH)–C–C–N with tert-alkyl or cyclic N) is 1. The van der Waals surface area contributed by atoms with Gasteiger partial charge in [0.15, 0.2) is 0 Å². The third-order valence-electron chi connectivity index (χ3n) is 7.98. The van der Waals surface area contributed by atoms with E-state index >= 15 is 0 Å². The maximum absolute atomic E-state index is 14.9. The fourth-order valence-electron chi connectivity index (χ4n) is 5.60. The Hall–Kier alpha value is -2.48. The van der Waals surface area contributed by atoms with E-state index in [1.807, 2.05) is 18.2 Å². The van der Waals surface area contributed by atoms with E-state index in [4.69, 9.17) is 9.47 Å². The third-order valence-corrected chi connectivity index (χ3v) is 7.98. The molecule has 7 heteroatoms. The van der Waals surface area contributed by atoms with Gasteiger partial charge in [-0.15, -0.1) is 0 Å². The fourth-order valence-corrected chi connectivity index (χ4v) is 5.60. The molecule has 1 spiro atoms. The lowest BCUT2D eigenvalue weighted by Crippen LogP contribution is -2.54. The summed E-state index contributed by atoms with van der Waals surface area (Å²) in [4.78, 5) is 16.7. The zero-order valence-corrected chi connectivity index (χ0v) is 19.3. The SMILES string of the molecule is O=C(c1ccc(-c2ccc3c(c2)COC2(CCN(C4CCC4)CC2)O3)cc1F)N1CC[C@H](O)C1. The molecule has 2 aromatic rings. The van der Waals surface area contributed by atoms with E-state index in [0.29, 0.717) is 25.1 Å². The molecule has 4 aliphatic rings. The molecule has 6 nitrogen and oxygen atoms in total. The molecule has 1 atom stereocenters. The van der Waals surface area contributed by atoms with Gasteiger partial charge in [0, 0.05) is 50.6 Å². The van der Waals surface area contributed by atoms with E-state index < -0.39 is 17.7 Å². The summed E-state index contributed by atoms with van der Waals surface area (Å²) in [7, 11) is 0. The Morgan fingerprint density at radius 2 is 1.79 bits per heavy atom. The Bertz CT molecular complexity index is 1090. The van der Waals surface area contributed by atoms with Gasteiger partial charge < -0.3 is 19.5 Å². The number of piperidine rings is 1. The largest absolute Gasteiger partial charge is 0.462 e. The van der Waals surface area contributed by atoms with Crippen LogP contribution in [0.1, 0.15) is 54.4 Å². The Balaban J connectivity index is 1.16. The van der Waals surface area contributed by atoms with E-state index in [9.17, 15) is 14.3 Å². The van der Waals surface area contributed by atoms with Gasteiger partial charge in [-0.25, -0.2) is 4.39 Å². The van der Waals surface area contributed by atoms with Crippen LogP contribution in [-0.2, 0) is 11.3 Å². The normalized spacial score (nSPS) is 24.5. The van der Waals surface area contributed by atoms with Crippen LogP contribution >= 0.6 is 0 Å². The minimum absolute atomic E-state index is 0.0395. The molecule has 1 N–H and O–H groups in total. The van der Waals surface area contributed by atoms with Crippen LogP contribution < -0.4 is 4.74 Å². The minimum Gasteiger partial charge on any atom is -0.462 e. The first-order valence-electron chi connectivity index (χ1n) is 12.5. The van der Waals surface area contributed by atoms with Crippen molar-refractivity contribution in [1.82, 2.24) is 9.80 Å². The number of ether oxygens (including phenoxy) is 2. The van der Waals surface area contributed by atoms with Gasteiger partial charge in [-0.05, 0) is 54.7 Å². The van der Waals surface area contributed by atoms with Crippen molar-refractivity contribution >= 4 is 5.91 Å². The van der Waals surface area contributed by atoms with Crippen LogP contribution in [0.15, 0.2) is 36.4 Å². The first-order valence-corrected chi connectivity index (χ1v) is 12.5. The van der Waals surface area contributed by atoms with Gasteiger partial charge in [-0.1, -0.05) is 18.6 Å². The number of carbonyl (C=O) groups is 1. The number of amides is 1. The average Bonchev–Trinajstić information content (AvgIpc) is 3.25. The van der Waals surface area contributed by atoms with E-state index in [1.165, 1.54) is 36.3 Å². The standard InChI is InChI=1S/C27H31FN2O4/c28-24-15-19(4-6-23(24)26(32)30-11-8-22(31)16-30)18-5-7-25-20(14-18)17-33-27(34-25)9-12-29(13-10-27)21-2-1-3-21/h4-7,14-15,21-22,31H,1-3,8-13,16-17H2/t22-/m0/s1. The number of nitrogens with zero attached hydrogens (tertiary/aromatic N) is 2. The lowest BCUT2D eigenvalue weighted by molar-refractivity contribution is -0.231. The summed E-state index contributed by atoms with van der Waals surface area (Å²) in [6, 6.07) is 11.3. The monoisotopic (exact) mass is 466 g/mol. The van der Waals surface area contributed by atoms with Crippen molar-refractivity contribution < 1.29 is 23.8 Å². The number of carbonyl (C=O) groups excluding carboxylic acids is 1. The summed E-state index contributed by atoms with van der Waals surface area (Å²) in [6.07, 6.45) is 5.74. The summed E-state index contributed by atoms with van der Waals surface area (Å²) >= 11 is 0. The number of hydrogen-bond acceptors (Lipinski definition) is 5. The predicted molar refractivity (Wildman–Crippen MR) is 125 cm³/mol. The second kappa shape index (κ2) is 8.63. The van der Waals surface area contributed by atoms with Crippen molar-refractivity contribution in [2.75, 3.05) is 26.2 Å². The van der Waals surface area contributed by atoms with Gasteiger partial charge in [0.05, 0.1) is 18.3 Å². The average molecular weight is 467 g/mol. The molecule has 1 aliphatic carbocycles. The van der Waals surface area contributed by atoms with Crippen LogP contribution in [0.4, 0.5) is 4.39 Å². The quantitative estimate of drug-likeness (QED) is 0.742. The summed E-state index contributed by atoms with van der Waals surface area (Å²) in [5, 5.41) is 9.67. The molecular formula is C27H31FN2O4. The molecule has 34 heavy (non-hydrogen) atoms. The van der Waals surface area contributed by atoms with E-state index in [2.05, 4.69) is 4.90 Å². The lowest BCUT2D eigenvalue weighted by Gasteiger charge is -2.47. The van der Waals surface area contributed by atoms with Crippen LogP contribution in [0.5, 0.6) is 5.75 Å². The zero-order valence-electron chi connectivity index (χ0n) is 19.3. The smallest absolute Gasteiger partial charge is 0.256 e. The van der Waals surface area contributed by atoms with Crippen molar-refractivity contribution in [3.63, 3.8) is 0 Å². The maximum Gasteiger partial charge on any atom is 0.256 e. The Morgan fingerprint density at radius 3 is 2.47 bits per heavy atom. The van der Waals surface area contributed by atoms with Gasteiger partial charge in [0.25, 0.3) is 5.91 Å². The molecule has 1 saturated carbocycles. The molecule has 3 fully saturated rings. The van der Waals surface area contributed by atoms with Crippen molar-refractivity contribution in [3.05, 3.63) is 53.3 Å². The van der Waals surface area contributed by atoms with Crippen molar-refractivity contribution in [2.24, 2.45) is 0 Å². The summed E-state index contributed by atoms with van der Waals surface area (Å²) < 4.78 is 27.5. The van der Waals surface area contributed by atoms with E-state index in [0.717, 1.165) is 48.8 Å². The highest BCUT2D eigenvalue weighted by atomic mass is 19.1. The lowest BCUT2D eigenvalue weighted by atomic mass is 9.89. The minimum atomic E-state index is -0.550. The van der Waals surface area contributed by atoms with Crippen LogP contribution in [0.3, 0.4) is 0 Å². The molecule has 1 amide bonds. The fraction of sp³-hybridized carbons (Fsp3) is 0.519. The molecule has 0 unspecified atom stereocenters. The zero-order chi connectivity index (χ0) is 23.3. The van der Waals surface area contributed by atoms with E-state index in [1.54, 1.807) is 6.07 Å². The van der Waals surface area contributed by atoms with Gasteiger partial charge in [-0.2, -0.15) is 0 Å². The number of likely N-dealkylation sites (tertiary alicyclic amines) is 2. The molecule has 2 saturated heterocycles. The van der Waals surface area contributed by atoms with E-state index in [-0.39, 0.29) is 18.0 Å². The third kappa shape index (κ3) is 4.00. The van der Waals surface area contributed by atoms with Gasteiger partial charge >= 0.3 is 0 Å². The van der Waals surface area contributed by atoms with Crippen LogP contribution in [0, 0.1) is 5.82 Å². The molecule has 0 bridgehead atoms. The van der Waals surface area contributed by atoms with Crippen molar-refractivity contribution in [2.45, 2.75) is 63.1 Å². The second-order valence-electron chi connectivity index (χ2n) is 10.1. The van der Waals surface area contributed by atoms with Gasteiger partial charge in [0.2, 0.25) is 5.79 Å². The summed E-state index contributed by atoms with van der Waals surface area (Å²) in [5.74, 6) is -0.619. The Labute approximate surface area is 199 Å². The highest BCUT2D eigenvalue weighted by molar-refractivity contribution is 5.95. The van der Waals surface area contributed by atoms with Crippen molar-refractivity contribution in [3.8, 4) is 16.9 Å². The molecule has 3 aliphatic heterocycles. The van der Waals surface area contributed by atoms with Crippen LogP contribution in [0.25, 0.3) is 11.1 Å². The molecule has 0 radical (unpaired) electrons.